The van der Waals surface area contributed by atoms with Crippen molar-refractivity contribution in [2.45, 2.75) is 26.2 Å². The average molecular weight is 526 g/mol. The molecule has 1 N–H and O–H groups in total. The van der Waals surface area contributed by atoms with Crippen LogP contribution in [0.5, 0.6) is 5.75 Å². The second-order valence-electron chi connectivity index (χ2n) is 6.01. The minimum absolute atomic E-state index is 0.0906. The van der Waals surface area contributed by atoms with E-state index in [2.05, 4.69) is 55.5 Å². The zero-order chi connectivity index (χ0) is 18.8. The highest BCUT2D eigenvalue weighted by atomic mass is 127. The highest BCUT2D eigenvalue weighted by Gasteiger charge is 2.15. The topological polar surface area (TPSA) is 67.5 Å². The number of halogens is 2. The van der Waals surface area contributed by atoms with E-state index in [1.165, 1.54) is 4.68 Å². The number of hydrogen-bond acceptors (Lipinski definition) is 4. The lowest BCUT2D eigenvalue weighted by Gasteiger charge is -2.14. The van der Waals surface area contributed by atoms with E-state index >= 15 is 0 Å². The Kier molecular flexibility index (Phi) is 5.76. The van der Waals surface area contributed by atoms with Crippen molar-refractivity contribution in [1.29, 1.82) is 0 Å². The maximum atomic E-state index is 13.0. The van der Waals surface area contributed by atoms with Gasteiger partial charge in [-0.1, -0.05) is 29.8 Å². The SMILES string of the molecule is CC[C@H](C)c1nc2ccc(Br)cc2c(=O)n1N=Cc1ccc(O)c(I)c1. The number of aromatic hydroxyl groups is 1. The Morgan fingerprint density at radius 3 is 2.81 bits per heavy atom. The van der Waals surface area contributed by atoms with Gasteiger partial charge < -0.3 is 5.11 Å². The van der Waals surface area contributed by atoms with Crippen LogP contribution in [-0.4, -0.2) is 21.0 Å². The van der Waals surface area contributed by atoms with Crippen LogP contribution in [0.15, 0.2) is 50.8 Å². The van der Waals surface area contributed by atoms with E-state index in [0.717, 1.165) is 20.0 Å². The van der Waals surface area contributed by atoms with Gasteiger partial charge in [-0.2, -0.15) is 9.78 Å². The third kappa shape index (κ3) is 3.83. The first-order chi connectivity index (χ1) is 12.4. The van der Waals surface area contributed by atoms with Crippen LogP contribution in [0, 0.1) is 3.57 Å². The van der Waals surface area contributed by atoms with Gasteiger partial charge in [0.05, 0.1) is 20.7 Å². The molecule has 3 rings (SSSR count). The van der Waals surface area contributed by atoms with E-state index in [-0.39, 0.29) is 17.2 Å². The van der Waals surface area contributed by atoms with Crippen molar-refractivity contribution >= 4 is 55.6 Å². The molecule has 0 fully saturated rings. The summed E-state index contributed by atoms with van der Waals surface area (Å²) in [5.74, 6) is 0.947. The second-order valence-corrected chi connectivity index (χ2v) is 8.09. The fraction of sp³-hybridized carbons (Fsp3) is 0.211. The van der Waals surface area contributed by atoms with Crippen LogP contribution in [0.2, 0.25) is 0 Å². The summed E-state index contributed by atoms with van der Waals surface area (Å²) in [5.41, 5.74) is 1.26. The molecule has 134 valence electrons. The van der Waals surface area contributed by atoms with Gasteiger partial charge in [-0.3, -0.25) is 4.79 Å². The molecule has 0 aliphatic heterocycles. The number of benzene rings is 2. The monoisotopic (exact) mass is 525 g/mol. The molecule has 0 spiro atoms. The van der Waals surface area contributed by atoms with Crippen LogP contribution in [0.4, 0.5) is 0 Å². The summed E-state index contributed by atoms with van der Waals surface area (Å²) in [7, 11) is 0. The van der Waals surface area contributed by atoms with Gasteiger partial charge >= 0.3 is 0 Å². The third-order valence-electron chi connectivity index (χ3n) is 4.18. The van der Waals surface area contributed by atoms with E-state index in [0.29, 0.717) is 16.7 Å². The molecule has 0 aliphatic rings. The lowest BCUT2D eigenvalue weighted by molar-refractivity contribution is 0.471. The molecule has 0 radical (unpaired) electrons. The predicted molar refractivity (Wildman–Crippen MR) is 116 cm³/mol. The molecule has 5 nitrogen and oxygen atoms in total. The number of fused-ring (bicyclic) bond motifs is 1. The fourth-order valence-electron chi connectivity index (χ4n) is 2.51. The predicted octanol–water partition coefficient (Wildman–Crippen LogP) is 4.86. The van der Waals surface area contributed by atoms with Gasteiger partial charge in [0.2, 0.25) is 0 Å². The van der Waals surface area contributed by atoms with E-state index < -0.39 is 0 Å². The Labute approximate surface area is 173 Å². The van der Waals surface area contributed by atoms with Crippen molar-refractivity contribution < 1.29 is 5.11 Å². The van der Waals surface area contributed by atoms with Gasteiger partial charge in [-0.15, -0.1) is 0 Å². The molecule has 3 aromatic rings. The zero-order valence-electron chi connectivity index (χ0n) is 14.3. The largest absolute Gasteiger partial charge is 0.507 e. The molecule has 2 aromatic carbocycles. The maximum absolute atomic E-state index is 13.0. The Balaban J connectivity index is 2.18. The van der Waals surface area contributed by atoms with Crippen molar-refractivity contribution in [2.24, 2.45) is 5.10 Å². The first-order valence-electron chi connectivity index (χ1n) is 8.15. The molecule has 26 heavy (non-hydrogen) atoms. The molecule has 1 atom stereocenters. The van der Waals surface area contributed by atoms with Gasteiger partial charge in [0.25, 0.3) is 5.56 Å². The molecular weight excluding hydrogens is 509 g/mol. The lowest BCUT2D eigenvalue weighted by Crippen LogP contribution is -2.23. The van der Waals surface area contributed by atoms with Gasteiger partial charge in [0.15, 0.2) is 0 Å². The Hall–Kier alpha value is -1.74. The van der Waals surface area contributed by atoms with Gasteiger partial charge in [-0.05, 0) is 71.0 Å². The molecule has 0 saturated carbocycles. The normalized spacial score (nSPS) is 12.8. The molecule has 0 saturated heterocycles. The number of aromatic nitrogens is 2. The molecule has 0 unspecified atom stereocenters. The van der Waals surface area contributed by atoms with Crippen LogP contribution >= 0.6 is 38.5 Å². The maximum Gasteiger partial charge on any atom is 0.282 e. The first-order valence-corrected chi connectivity index (χ1v) is 10.0. The van der Waals surface area contributed by atoms with Crippen molar-refractivity contribution in [2.75, 3.05) is 0 Å². The van der Waals surface area contributed by atoms with Gasteiger partial charge in [0, 0.05) is 10.4 Å². The summed E-state index contributed by atoms with van der Waals surface area (Å²) >= 11 is 5.46. The quantitative estimate of drug-likeness (QED) is 0.390. The van der Waals surface area contributed by atoms with E-state index in [4.69, 9.17) is 0 Å². The fourth-order valence-corrected chi connectivity index (χ4v) is 3.41. The smallest absolute Gasteiger partial charge is 0.282 e. The summed E-state index contributed by atoms with van der Waals surface area (Å²) in [6, 6.07) is 10.6. The van der Waals surface area contributed by atoms with E-state index in [9.17, 15) is 9.90 Å². The summed E-state index contributed by atoms with van der Waals surface area (Å²) < 4.78 is 2.92. The Bertz CT molecular complexity index is 1060. The van der Waals surface area contributed by atoms with Crippen molar-refractivity contribution in [3.63, 3.8) is 0 Å². The minimum atomic E-state index is -0.198. The van der Waals surface area contributed by atoms with E-state index in [1.54, 1.807) is 30.5 Å². The van der Waals surface area contributed by atoms with Crippen molar-refractivity contribution in [3.05, 3.63) is 66.2 Å². The summed E-state index contributed by atoms with van der Waals surface area (Å²) in [5, 5.41) is 14.6. The molecular formula is C19H17BrIN3O2. The van der Waals surface area contributed by atoms with Crippen molar-refractivity contribution in [1.82, 2.24) is 9.66 Å². The van der Waals surface area contributed by atoms with Crippen LogP contribution in [0.1, 0.15) is 37.6 Å². The number of phenolic OH excluding ortho intramolecular Hbond substituents is 1. The van der Waals surface area contributed by atoms with Crippen LogP contribution in [-0.2, 0) is 0 Å². The third-order valence-corrected chi connectivity index (χ3v) is 5.54. The van der Waals surface area contributed by atoms with Crippen LogP contribution in [0.25, 0.3) is 10.9 Å². The minimum Gasteiger partial charge on any atom is -0.507 e. The highest BCUT2D eigenvalue weighted by Crippen LogP contribution is 2.22. The average Bonchev–Trinajstić information content (AvgIpc) is 2.63. The number of rotatable bonds is 4. The molecule has 1 aromatic heterocycles. The van der Waals surface area contributed by atoms with Crippen LogP contribution in [0.3, 0.4) is 0 Å². The Morgan fingerprint density at radius 2 is 2.12 bits per heavy atom. The first kappa shape index (κ1) is 19.0. The molecule has 7 heteroatoms. The molecule has 0 aliphatic carbocycles. The molecule has 0 bridgehead atoms. The standard InChI is InChI=1S/C19H17BrIN3O2/c1-3-11(2)18-23-16-6-5-13(20)9-14(16)19(26)24(18)22-10-12-4-7-17(25)15(21)8-12/h4-11,25H,3H2,1-2H3/t11-/m0/s1. The summed E-state index contributed by atoms with van der Waals surface area (Å²) in [6.45, 7) is 4.08. The second kappa shape index (κ2) is 7.87. The Morgan fingerprint density at radius 1 is 1.35 bits per heavy atom. The van der Waals surface area contributed by atoms with Gasteiger partial charge in [0.1, 0.15) is 11.6 Å². The molecule has 0 amide bonds. The lowest BCUT2D eigenvalue weighted by atomic mass is 10.1. The van der Waals surface area contributed by atoms with Crippen molar-refractivity contribution in [3.8, 4) is 5.75 Å². The van der Waals surface area contributed by atoms with E-state index in [1.807, 2.05) is 19.1 Å². The number of phenols is 1. The van der Waals surface area contributed by atoms with Gasteiger partial charge in [-0.25, -0.2) is 4.98 Å². The zero-order valence-corrected chi connectivity index (χ0v) is 18.0. The highest BCUT2D eigenvalue weighted by molar-refractivity contribution is 14.1. The number of hydrogen-bond donors (Lipinski definition) is 1. The summed E-state index contributed by atoms with van der Waals surface area (Å²) in [6.07, 6.45) is 2.46. The number of nitrogens with zero attached hydrogens (tertiary/aromatic N) is 3. The molecule has 1 heterocycles. The summed E-state index contributed by atoms with van der Waals surface area (Å²) in [4.78, 5) is 17.7. The van der Waals surface area contributed by atoms with Crippen LogP contribution < -0.4 is 5.56 Å².